The van der Waals surface area contributed by atoms with Gasteiger partial charge < -0.3 is 19.9 Å². The molecule has 2 atom stereocenters. The maximum Gasteiger partial charge on any atom is 0.307 e. The molecule has 1 aromatic carbocycles. The minimum Gasteiger partial charge on any atom is -0.497 e. The molecule has 0 fully saturated rings. The van der Waals surface area contributed by atoms with Crippen LogP contribution in [0.5, 0.6) is 11.5 Å². The summed E-state index contributed by atoms with van der Waals surface area (Å²) in [6.07, 6.45) is 4.53. The molecule has 6 nitrogen and oxygen atoms in total. The number of benzene rings is 1. The first kappa shape index (κ1) is 16.9. The average Bonchev–Trinajstić information content (AvgIpc) is 2.59. The number of allylic oxidation sites excluding steroid dienone is 2. The summed E-state index contributed by atoms with van der Waals surface area (Å²) in [6.45, 7) is 0.649. The van der Waals surface area contributed by atoms with Crippen LogP contribution in [0.3, 0.4) is 0 Å². The third-order valence-electron chi connectivity index (χ3n) is 3.82. The Morgan fingerprint density at radius 3 is 2.35 bits per heavy atom. The van der Waals surface area contributed by atoms with E-state index in [9.17, 15) is 14.7 Å². The molecule has 1 aliphatic rings. The number of hydrogen-bond acceptors (Lipinski definition) is 4. The Kier molecular flexibility index (Phi) is 6.02. The van der Waals surface area contributed by atoms with Gasteiger partial charge in [0.25, 0.3) is 0 Å². The van der Waals surface area contributed by atoms with Gasteiger partial charge in [0, 0.05) is 0 Å². The lowest BCUT2D eigenvalue weighted by Crippen LogP contribution is -2.40. The molecule has 0 heterocycles. The fourth-order valence-corrected chi connectivity index (χ4v) is 2.52. The molecular formula is C17H21NO5. The number of ether oxygens (including phenoxy) is 2. The molecule has 6 heteroatoms. The quantitative estimate of drug-likeness (QED) is 0.592. The van der Waals surface area contributed by atoms with Crippen molar-refractivity contribution in [2.24, 2.45) is 11.8 Å². The standard InChI is InChI=1S/C17H21NO5/c1-22-12-6-8-13(9-7-12)23-11-10-18-16(19)14-4-2-3-5-15(14)17(20)21/h2-3,6-9,14-15H,4-5,10-11H2,1H3,(H,18,19)(H,20,21). The molecule has 0 radical (unpaired) electrons. The Morgan fingerprint density at radius 1 is 1.13 bits per heavy atom. The zero-order valence-corrected chi connectivity index (χ0v) is 13.0. The minimum atomic E-state index is -0.927. The van der Waals surface area contributed by atoms with Crippen LogP contribution in [0.25, 0.3) is 0 Å². The number of carboxylic acid groups (broad SMARTS) is 1. The number of carbonyl (C=O) groups excluding carboxylic acids is 1. The molecule has 0 spiro atoms. The maximum absolute atomic E-state index is 12.1. The normalized spacial score (nSPS) is 19.9. The lowest BCUT2D eigenvalue weighted by atomic mass is 9.82. The van der Waals surface area contributed by atoms with Crippen LogP contribution in [0.15, 0.2) is 36.4 Å². The molecular weight excluding hydrogens is 298 g/mol. The van der Waals surface area contributed by atoms with Crippen molar-refractivity contribution < 1.29 is 24.2 Å². The fourth-order valence-electron chi connectivity index (χ4n) is 2.52. The number of rotatable bonds is 7. The molecule has 0 saturated heterocycles. The highest BCUT2D eigenvalue weighted by Crippen LogP contribution is 2.26. The van der Waals surface area contributed by atoms with Crippen LogP contribution in [0, 0.1) is 11.8 Å². The van der Waals surface area contributed by atoms with Crippen molar-refractivity contribution in [1.82, 2.24) is 5.32 Å². The van der Waals surface area contributed by atoms with E-state index in [-0.39, 0.29) is 5.91 Å². The zero-order valence-electron chi connectivity index (χ0n) is 13.0. The first-order chi connectivity index (χ1) is 11.1. The number of carbonyl (C=O) groups is 2. The van der Waals surface area contributed by atoms with Crippen LogP contribution in [0.2, 0.25) is 0 Å². The highest BCUT2D eigenvalue weighted by molar-refractivity contribution is 5.85. The van der Waals surface area contributed by atoms with Crippen LogP contribution in [0.1, 0.15) is 12.8 Å². The number of hydrogen-bond donors (Lipinski definition) is 2. The molecule has 23 heavy (non-hydrogen) atoms. The zero-order chi connectivity index (χ0) is 16.7. The van der Waals surface area contributed by atoms with E-state index in [0.717, 1.165) is 5.75 Å². The number of carboxylic acids is 1. The molecule has 1 amide bonds. The van der Waals surface area contributed by atoms with Crippen molar-refractivity contribution in [3.8, 4) is 11.5 Å². The van der Waals surface area contributed by atoms with Gasteiger partial charge in [0.15, 0.2) is 0 Å². The molecule has 0 saturated carbocycles. The van der Waals surface area contributed by atoms with Gasteiger partial charge in [-0.05, 0) is 37.1 Å². The first-order valence-corrected chi connectivity index (χ1v) is 7.54. The monoisotopic (exact) mass is 319 g/mol. The number of aliphatic carboxylic acids is 1. The molecule has 1 aromatic rings. The van der Waals surface area contributed by atoms with E-state index in [4.69, 9.17) is 9.47 Å². The SMILES string of the molecule is COc1ccc(OCCNC(=O)C2CC=CCC2C(=O)O)cc1. The van der Waals surface area contributed by atoms with Gasteiger partial charge in [0.05, 0.1) is 25.5 Å². The Hall–Kier alpha value is -2.50. The third-order valence-corrected chi connectivity index (χ3v) is 3.82. The van der Waals surface area contributed by atoms with Crippen molar-refractivity contribution in [2.75, 3.05) is 20.3 Å². The average molecular weight is 319 g/mol. The number of methoxy groups -OCH3 is 1. The molecule has 2 unspecified atom stereocenters. The van der Waals surface area contributed by atoms with E-state index in [1.54, 1.807) is 31.4 Å². The highest BCUT2D eigenvalue weighted by Gasteiger charge is 2.33. The van der Waals surface area contributed by atoms with Crippen LogP contribution in [-0.4, -0.2) is 37.2 Å². The van der Waals surface area contributed by atoms with Crippen LogP contribution < -0.4 is 14.8 Å². The molecule has 0 bridgehead atoms. The fraction of sp³-hybridized carbons (Fsp3) is 0.412. The highest BCUT2D eigenvalue weighted by atomic mass is 16.5. The van der Waals surface area contributed by atoms with Crippen LogP contribution >= 0.6 is 0 Å². The van der Waals surface area contributed by atoms with Gasteiger partial charge in [-0.3, -0.25) is 9.59 Å². The molecule has 124 valence electrons. The number of nitrogens with one attached hydrogen (secondary N) is 1. The van der Waals surface area contributed by atoms with Crippen LogP contribution in [0.4, 0.5) is 0 Å². The van der Waals surface area contributed by atoms with Gasteiger partial charge in [0.2, 0.25) is 5.91 Å². The van der Waals surface area contributed by atoms with E-state index < -0.39 is 17.8 Å². The number of amides is 1. The summed E-state index contributed by atoms with van der Waals surface area (Å²) >= 11 is 0. The summed E-state index contributed by atoms with van der Waals surface area (Å²) in [5.74, 6) is -0.898. The summed E-state index contributed by atoms with van der Waals surface area (Å²) in [7, 11) is 1.59. The third kappa shape index (κ3) is 4.74. The Labute approximate surface area is 135 Å². The van der Waals surface area contributed by atoms with Crippen molar-refractivity contribution in [3.63, 3.8) is 0 Å². The summed E-state index contributed by atoms with van der Waals surface area (Å²) < 4.78 is 10.6. The van der Waals surface area contributed by atoms with Crippen molar-refractivity contribution in [2.45, 2.75) is 12.8 Å². The van der Waals surface area contributed by atoms with Gasteiger partial charge >= 0.3 is 5.97 Å². The largest absolute Gasteiger partial charge is 0.497 e. The van der Waals surface area contributed by atoms with Gasteiger partial charge in [0.1, 0.15) is 18.1 Å². The van der Waals surface area contributed by atoms with Crippen molar-refractivity contribution in [1.29, 1.82) is 0 Å². The summed E-state index contributed by atoms with van der Waals surface area (Å²) in [5, 5.41) is 11.9. The van der Waals surface area contributed by atoms with Crippen molar-refractivity contribution in [3.05, 3.63) is 36.4 Å². The van der Waals surface area contributed by atoms with E-state index >= 15 is 0 Å². The molecule has 0 aromatic heterocycles. The molecule has 2 rings (SSSR count). The van der Waals surface area contributed by atoms with Gasteiger partial charge in [-0.25, -0.2) is 0 Å². The van der Waals surface area contributed by atoms with Crippen LogP contribution in [-0.2, 0) is 9.59 Å². The lowest BCUT2D eigenvalue weighted by Gasteiger charge is -2.24. The van der Waals surface area contributed by atoms with E-state index in [1.807, 2.05) is 12.2 Å². The Morgan fingerprint density at radius 2 is 1.74 bits per heavy atom. The smallest absolute Gasteiger partial charge is 0.307 e. The van der Waals surface area contributed by atoms with E-state index in [1.165, 1.54) is 0 Å². The Balaban J connectivity index is 1.75. The van der Waals surface area contributed by atoms with E-state index in [0.29, 0.717) is 31.7 Å². The molecule has 0 aliphatic heterocycles. The molecule has 2 N–H and O–H groups in total. The van der Waals surface area contributed by atoms with Crippen molar-refractivity contribution >= 4 is 11.9 Å². The van der Waals surface area contributed by atoms with Gasteiger partial charge in [-0.1, -0.05) is 12.2 Å². The predicted octanol–water partition coefficient (Wildman–Crippen LogP) is 1.86. The second-order valence-corrected chi connectivity index (χ2v) is 5.31. The summed E-state index contributed by atoms with van der Waals surface area (Å²) in [6, 6.07) is 7.15. The second kappa shape index (κ2) is 8.22. The van der Waals surface area contributed by atoms with Gasteiger partial charge in [-0.2, -0.15) is 0 Å². The lowest BCUT2D eigenvalue weighted by molar-refractivity contribution is -0.147. The maximum atomic E-state index is 12.1. The van der Waals surface area contributed by atoms with Gasteiger partial charge in [-0.15, -0.1) is 0 Å². The second-order valence-electron chi connectivity index (χ2n) is 5.31. The minimum absolute atomic E-state index is 0.236. The topological polar surface area (TPSA) is 84.9 Å². The predicted molar refractivity (Wildman–Crippen MR) is 84.5 cm³/mol. The summed E-state index contributed by atoms with van der Waals surface area (Å²) in [4.78, 5) is 23.3. The Bertz CT molecular complexity index is 567. The first-order valence-electron chi connectivity index (χ1n) is 7.54. The van der Waals surface area contributed by atoms with E-state index in [2.05, 4.69) is 5.32 Å². The molecule has 1 aliphatic carbocycles. The summed E-state index contributed by atoms with van der Waals surface area (Å²) in [5.41, 5.74) is 0.